The minimum absolute atomic E-state index is 0.145. The van der Waals surface area contributed by atoms with Crippen LogP contribution in [0.5, 0.6) is 0 Å². The molecule has 0 radical (unpaired) electrons. The second-order valence-corrected chi connectivity index (χ2v) is 8.30. The van der Waals surface area contributed by atoms with Crippen LogP contribution in [0, 0.1) is 0 Å². The molecule has 0 aromatic heterocycles. The molecule has 0 aromatic rings. The van der Waals surface area contributed by atoms with Gasteiger partial charge in [0, 0.05) is 17.5 Å². The van der Waals surface area contributed by atoms with E-state index in [9.17, 15) is 8.42 Å². The minimum Gasteiger partial charge on any atom is -0.359 e. The second-order valence-electron chi connectivity index (χ2n) is 5.07. The Balaban J connectivity index is 1.86. The predicted octanol–water partition coefficient (Wildman–Crippen LogP) is 1.43. The lowest BCUT2D eigenvalue weighted by molar-refractivity contribution is 0.303. The fraction of sp³-hybridized carbons (Fsp3) is 0.909. The molecule has 1 spiro atoms. The standard InChI is InChI=1S/C11H20N2O2S2/c1-17(14,15)8-7-12-10-13-11(9-16-10)5-3-2-4-6-11/h2-9H2,1H3,(H,12,13). The molecule has 6 heteroatoms. The van der Waals surface area contributed by atoms with Crippen molar-refractivity contribution in [2.75, 3.05) is 24.3 Å². The zero-order chi connectivity index (χ0) is 12.4. The first-order chi connectivity index (χ1) is 7.99. The second kappa shape index (κ2) is 5.18. The van der Waals surface area contributed by atoms with Gasteiger partial charge in [0.15, 0.2) is 5.17 Å². The maximum absolute atomic E-state index is 11.0. The summed E-state index contributed by atoms with van der Waals surface area (Å²) < 4.78 is 22.0. The van der Waals surface area contributed by atoms with Crippen molar-refractivity contribution in [1.82, 2.24) is 5.32 Å². The van der Waals surface area contributed by atoms with Gasteiger partial charge in [-0.05, 0) is 12.8 Å². The fourth-order valence-corrected chi connectivity index (χ4v) is 4.07. The summed E-state index contributed by atoms with van der Waals surface area (Å²) in [5, 5.41) is 4.45. The highest BCUT2D eigenvalue weighted by Gasteiger charge is 2.37. The Labute approximate surface area is 108 Å². The normalized spacial score (nSPS) is 26.3. The molecule has 0 amide bonds. The van der Waals surface area contributed by atoms with Gasteiger partial charge in [-0.1, -0.05) is 31.0 Å². The summed E-state index contributed by atoms with van der Waals surface area (Å²) in [6.45, 7) is 0.379. The summed E-state index contributed by atoms with van der Waals surface area (Å²) >= 11 is 1.74. The number of amidine groups is 1. The highest BCUT2D eigenvalue weighted by molar-refractivity contribution is 8.14. The Bertz CT molecular complexity index is 398. The van der Waals surface area contributed by atoms with Gasteiger partial charge < -0.3 is 5.32 Å². The van der Waals surface area contributed by atoms with E-state index in [-0.39, 0.29) is 11.3 Å². The van der Waals surface area contributed by atoms with Crippen molar-refractivity contribution < 1.29 is 8.42 Å². The van der Waals surface area contributed by atoms with Crippen molar-refractivity contribution in [1.29, 1.82) is 0 Å². The van der Waals surface area contributed by atoms with Gasteiger partial charge in [-0.15, -0.1) is 0 Å². The number of thioether (sulfide) groups is 1. The van der Waals surface area contributed by atoms with Crippen LogP contribution in [0.25, 0.3) is 0 Å². The molecule has 17 heavy (non-hydrogen) atoms. The fourth-order valence-electron chi connectivity index (χ4n) is 2.40. The van der Waals surface area contributed by atoms with E-state index in [1.807, 2.05) is 0 Å². The molecule has 0 unspecified atom stereocenters. The lowest BCUT2D eigenvalue weighted by atomic mass is 9.83. The number of sulfone groups is 1. The number of hydrogen-bond acceptors (Lipinski definition) is 4. The number of nitrogens with zero attached hydrogens (tertiary/aromatic N) is 1. The van der Waals surface area contributed by atoms with Crippen molar-refractivity contribution in [2.24, 2.45) is 4.99 Å². The lowest BCUT2D eigenvalue weighted by Crippen LogP contribution is -2.45. The van der Waals surface area contributed by atoms with Gasteiger partial charge in [0.05, 0.1) is 12.3 Å². The average molecular weight is 276 g/mol. The number of aliphatic imine (C=N–C) groups is 1. The third-order valence-corrected chi connectivity index (χ3v) is 5.51. The highest BCUT2D eigenvalue weighted by atomic mass is 32.2. The number of rotatable bonds is 3. The molecule has 1 aliphatic carbocycles. The van der Waals surface area contributed by atoms with Crippen LogP contribution in [-0.2, 0) is 9.84 Å². The van der Waals surface area contributed by atoms with Crippen LogP contribution < -0.4 is 5.32 Å². The summed E-state index contributed by atoms with van der Waals surface area (Å²) in [7, 11) is -2.89. The van der Waals surface area contributed by atoms with Gasteiger partial charge in [-0.3, -0.25) is 4.99 Å². The lowest BCUT2D eigenvalue weighted by Gasteiger charge is -2.32. The highest BCUT2D eigenvalue weighted by Crippen LogP contribution is 2.35. The monoisotopic (exact) mass is 276 g/mol. The summed E-state index contributed by atoms with van der Waals surface area (Å²) in [6, 6.07) is 0. The van der Waals surface area contributed by atoms with E-state index in [1.165, 1.54) is 38.4 Å². The Hall–Kier alpha value is -0.230. The molecule has 1 saturated carbocycles. The van der Waals surface area contributed by atoms with Crippen molar-refractivity contribution >= 4 is 26.8 Å². The van der Waals surface area contributed by atoms with Gasteiger partial charge in [-0.2, -0.15) is 0 Å². The van der Waals surface area contributed by atoms with Crippen molar-refractivity contribution in [3.63, 3.8) is 0 Å². The van der Waals surface area contributed by atoms with Crippen LogP contribution in [0.15, 0.2) is 4.99 Å². The Morgan fingerprint density at radius 2 is 2.06 bits per heavy atom. The zero-order valence-electron chi connectivity index (χ0n) is 10.2. The summed E-state index contributed by atoms with van der Waals surface area (Å²) in [5.74, 6) is 1.23. The molecule has 4 nitrogen and oxygen atoms in total. The molecule has 98 valence electrons. The maximum Gasteiger partial charge on any atom is 0.157 e. The van der Waals surface area contributed by atoms with Crippen LogP contribution in [0.1, 0.15) is 32.1 Å². The first kappa shape index (κ1) is 13.2. The molecule has 0 bridgehead atoms. The average Bonchev–Trinajstić information content (AvgIpc) is 2.61. The molecule has 1 aliphatic heterocycles. The Kier molecular flexibility index (Phi) is 4.02. The first-order valence-corrected chi connectivity index (χ1v) is 9.17. The van der Waals surface area contributed by atoms with Crippen LogP contribution in [0.4, 0.5) is 0 Å². The van der Waals surface area contributed by atoms with Crippen LogP contribution in [0.3, 0.4) is 0 Å². The molecule has 1 heterocycles. The predicted molar refractivity (Wildman–Crippen MR) is 73.4 cm³/mol. The van der Waals surface area contributed by atoms with E-state index in [0.29, 0.717) is 6.54 Å². The van der Waals surface area contributed by atoms with Gasteiger partial charge >= 0.3 is 0 Å². The van der Waals surface area contributed by atoms with E-state index in [0.717, 1.165) is 10.9 Å². The third-order valence-electron chi connectivity index (χ3n) is 3.39. The van der Waals surface area contributed by atoms with Gasteiger partial charge in [0.25, 0.3) is 0 Å². The minimum atomic E-state index is -2.89. The SMILES string of the molecule is CS(=O)(=O)CCN=C1NC2(CCCCC2)CS1. The molecule has 0 atom stereocenters. The maximum atomic E-state index is 11.0. The van der Waals surface area contributed by atoms with Crippen molar-refractivity contribution in [2.45, 2.75) is 37.6 Å². The van der Waals surface area contributed by atoms with Gasteiger partial charge in [0.2, 0.25) is 0 Å². The smallest absolute Gasteiger partial charge is 0.157 e. The van der Waals surface area contributed by atoms with E-state index in [2.05, 4.69) is 10.3 Å². The van der Waals surface area contributed by atoms with Crippen molar-refractivity contribution in [3.05, 3.63) is 0 Å². The quantitative estimate of drug-likeness (QED) is 0.847. The summed E-state index contributed by atoms with van der Waals surface area (Å²) in [5.41, 5.74) is 0.257. The molecule has 2 rings (SSSR count). The third kappa shape index (κ3) is 3.88. The molecular formula is C11H20N2O2S2. The van der Waals surface area contributed by atoms with Crippen LogP contribution in [-0.4, -0.2) is 43.4 Å². The van der Waals surface area contributed by atoms with Gasteiger partial charge in [0.1, 0.15) is 9.84 Å². The van der Waals surface area contributed by atoms with Crippen molar-refractivity contribution in [3.8, 4) is 0 Å². The summed E-state index contributed by atoms with van der Waals surface area (Å²) in [6.07, 6.45) is 7.64. The largest absolute Gasteiger partial charge is 0.359 e. The number of nitrogens with one attached hydrogen (secondary N) is 1. The molecule has 2 fully saturated rings. The van der Waals surface area contributed by atoms with E-state index in [1.54, 1.807) is 11.8 Å². The van der Waals surface area contributed by atoms with Crippen LogP contribution in [0.2, 0.25) is 0 Å². The zero-order valence-corrected chi connectivity index (χ0v) is 11.9. The number of hydrogen-bond donors (Lipinski definition) is 1. The van der Waals surface area contributed by atoms with Gasteiger partial charge in [-0.25, -0.2) is 8.42 Å². The van der Waals surface area contributed by atoms with E-state index in [4.69, 9.17) is 0 Å². The van der Waals surface area contributed by atoms with E-state index >= 15 is 0 Å². The molecular weight excluding hydrogens is 256 g/mol. The molecule has 2 aliphatic rings. The molecule has 1 N–H and O–H groups in total. The summed E-state index contributed by atoms with van der Waals surface area (Å²) in [4.78, 5) is 4.35. The molecule has 0 aromatic carbocycles. The van der Waals surface area contributed by atoms with Crippen LogP contribution >= 0.6 is 11.8 Å². The first-order valence-electron chi connectivity index (χ1n) is 6.12. The Morgan fingerprint density at radius 1 is 1.35 bits per heavy atom. The topological polar surface area (TPSA) is 58.5 Å². The van der Waals surface area contributed by atoms with E-state index < -0.39 is 9.84 Å². The molecule has 1 saturated heterocycles. The Morgan fingerprint density at radius 3 is 2.71 bits per heavy atom.